The summed E-state index contributed by atoms with van der Waals surface area (Å²) in [5.74, 6) is 0.543. The van der Waals surface area contributed by atoms with Crippen molar-refractivity contribution in [2.24, 2.45) is 0 Å². The van der Waals surface area contributed by atoms with Gasteiger partial charge in [0.25, 0.3) is 0 Å². The Morgan fingerprint density at radius 2 is 1.96 bits per heavy atom. The minimum atomic E-state index is -0.187. The molecule has 24 heavy (non-hydrogen) atoms. The molecule has 0 radical (unpaired) electrons. The van der Waals surface area contributed by atoms with E-state index in [4.69, 9.17) is 0 Å². The number of para-hydroxylation sites is 1. The van der Waals surface area contributed by atoms with Crippen LogP contribution in [-0.4, -0.2) is 24.1 Å². The van der Waals surface area contributed by atoms with E-state index >= 15 is 0 Å². The van der Waals surface area contributed by atoms with Gasteiger partial charge in [0, 0.05) is 22.8 Å². The summed E-state index contributed by atoms with van der Waals surface area (Å²) in [6, 6.07) is 13.5. The predicted molar refractivity (Wildman–Crippen MR) is 98.7 cm³/mol. The first-order valence-corrected chi connectivity index (χ1v) is 8.92. The number of fused-ring (bicyclic) bond motifs is 1. The molecule has 4 nitrogen and oxygen atoms in total. The fourth-order valence-electron chi connectivity index (χ4n) is 2.66. The molecule has 5 heteroatoms. The molecule has 0 aromatic heterocycles. The van der Waals surface area contributed by atoms with Crippen molar-refractivity contribution >= 4 is 35.0 Å². The zero-order valence-corrected chi connectivity index (χ0v) is 14.7. The van der Waals surface area contributed by atoms with Gasteiger partial charge in [0.05, 0.1) is 5.69 Å². The van der Waals surface area contributed by atoms with Crippen LogP contribution in [0.2, 0.25) is 0 Å². The van der Waals surface area contributed by atoms with Gasteiger partial charge in [0.1, 0.15) is 6.54 Å². The second-order valence-corrected chi connectivity index (χ2v) is 7.03. The molecule has 3 rings (SSSR count). The Morgan fingerprint density at radius 3 is 2.75 bits per heavy atom. The fourth-order valence-corrected chi connectivity index (χ4v) is 3.65. The van der Waals surface area contributed by atoms with Crippen molar-refractivity contribution in [3.05, 3.63) is 53.6 Å². The van der Waals surface area contributed by atoms with E-state index in [9.17, 15) is 9.59 Å². The van der Waals surface area contributed by atoms with Crippen LogP contribution in [0.25, 0.3) is 0 Å². The molecular formula is C19H20N2O2S. The molecule has 0 atom stereocenters. The number of aryl methyl sites for hydroxylation is 2. The van der Waals surface area contributed by atoms with E-state index < -0.39 is 0 Å². The molecule has 2 aromatic carbocycles. The lowest BCUT2D eigenvalue weighted by molar-refractivity contribution is -0.121. The molecule has 0 unspecified atom stereocenters. The lowest BCUT2D eigenvalue weighted by atomic mass is 10.1. The van der Waals surface area contributed by atoms with Crippen LogP contribution in [0.4, 0.5) is 11.4 Å². The highest BCUT2D eigenvalue weighted by molar-refractivity contribution is 7.99. The summed E-state index contributed by atoms with van der Waals surface area (Å²) >= 11 is 1.66. The summed E-state index contributed by atoms with van der Waals surface area (Å²) in [4.78, 5) is 27.5. The highest BCUT2D eigenvalue weighted by atomic mass is 32.2. The van der Waals surface area contributed by atoms with Crippen molar-refractivity contribution in [3.63, 3.8) is 0 Å². The second-order valence-electron chi connectivity index (χ2n) is 5.89. The Bertz CT molecular complexity index is 789. The molecule has 0 saturated heterocycles. The second kappa shape index (κ2) is 7.09. The highest BCUT2D eigenvalue weighted by Crippen LogP contribution is 2.33. The van der Waals surface area contributed by atoms with Gasteiger partial charge >= 0.3 is 0 Å². The summed E-state index contributed by atoms with van der Waals surface area (Å²) in [5.41, 5.74) is 3.88. The van der Waals surface area contributed by atoms with Crippen molar-refractivity contribution in [3.8, 4) is 0 Å². The van der Waals surface area contributed by atoms with Gasteiger partial charge in [0.2, 0.25) is 11.8 Å². The molecule has 1 aliphatic rings. The van der Waals surface area contributed by atoms with Gasteiger partial charge in [-0.3, -0.25) is 9.59 Å². The van der Waals surface area contributed by atoms with Crippen molar-refractivity contribution in [1.82, 2.24) is 0 Å². The molecular weight excluding hydrogens is 320 g/mol. The van der Waals surface area contributed by atoms with Crippen molar-refractivity contribution in [2.45, 2.75) is 25.2 Å². The van der Waals surface area contributed by atoms with Gasteiger partial charge in [0.15, 0.2) is 0 Å². The topological polar surface area (TPSA) is 49.4 Å². The molecule has 0 fully saturated rings. The Labute approximate surface area is 146 Å². The number of anilines is 2. The Balaban J connectivity index is 1.77. The quantitative estimate of drug-likeness (QED) is 0.925. The number of carbonyl (C=O) groups is 2. The third-order valence-corrected chi connectivity index (χ3v) is 5.19. The molecule has 2 aromatic rings. The van der Waals surface area contributed by atoms with Crippen LogP contribution in [0.15, 0.2) is 47.4 Å². The van der Waals surface area contributed by atoms with Gasteiger partial charge in [-0.1, -0.05) is 18.2 Å². The molecule has 1 N–H and O–H groups in total. The lowest BCUT2D eigenvalue weighted by Gasteiger charge is -2.22. The van der Waals surface area contributed by atoms with E-state index in [2.05, 4.69) is 5.32 Å². The highest BCUT2D eigenvalue weighted by Gasteiger charge is 2.24. The molecule has 124 valence electrons. The Morgan fingerprint density at radius 1 is 1.17 bits per heavy atom. The minimum Gasteiger partial charge on any atom is -0.325 e. The Hall–Kier alpha value is -2.27. The molecule has 1 heterocycles. The number of benzene rings is 2. The van der Waals surface area contributed by atoms with E-state index in [0.29, 0.717) is 6.42 Å². The molecule has 0 bridgehead atoms. The zero-order valence-electron chi connectivity index (χ0n) is 13.8. The number of carbonyl (C=O) groups excluding carboxylic acids is 2. The van der Waals surface area contributed by atoms with Crippen LogP contribution in [-0.2, 0) is 9.59 Å². The van der Waals surface area contributed by atoms with Crippen molar-refractivity contribution < 1.29 is 9.59 Å². The normalized spacial score (nSPS) is 14.1. The van der Waals surface area contributed by atoms with Crippen LogP contribution >= 0.6 is 11.8 Å². The summed E-state index contributed by atoms with van der Waals surface area (Å²) in [6.45, 7) is 4.07. The van der Waals surface area contributed by atoms with Crippen LogP contribution < -0.4 is 10.2 Å². The Kier molecular flexibility index (Phi) is 4.90. The maximum Gasteiger partial charge on any atom is 0.244 e. The minimum absolute atomic E-state index is 0.0114. The first kappa shape index (κ1) is 16.6. The van der Waals surface area contributed by atoms with Crippen LogP contribution in [0.1, 0.15) is 17.5 Å². The van der Waals surface area contributed by atoms with Crippen LogP contribution in [0.3, 0.4) is 0 Å². The zero-order chi connectivity index (χ0) is 17.1. The van der Waals surface area contributed by atoms with Crippen LogP contribution in [0, 0.1) is 13.8 Å². The van der Waals surface area contributed by atoms with Gasteiger partial charge in [-0.2, -0.15) is 0 Å². The first-order chi connectivity index (χ1) is 11.5. The van der Waals surface area contributed by atoms with Gasteiger partial charge in [-0.15, -0.1) is 11.8 Å². The number of rotatable bonds is 3. The SMILES string of the molecule is Cc1ccc(NC(=O)CN2C(=O)CCSc3ccccc32)cc1C. The van der Waals surface area contributed by atoms with E-state index in [1.54, 1.807) is 16.7 Å². The number of hydrogen-bond acceptors (Lipinski definition) is 3. The molecule has 0 spiro atoms. The summed E-state index contributed by atoms with van der Waals surface area (Å²) in [7, 11) is 0. The average Bonchev–Trinajstić information content (AvgIpc) is 2.71. The van der Waals surface area contributed by atoms with E-state index in [0.717, 1.165) is 27.6 Å². The lowest BCUT2D eigenvalue weighted by Crippen LogP contribution is -2.37. The van der Waals surface area contributed by atoms with E-state index in [1.807, 2.05) is 56.3 Å². The number of thioether (sulfide) groups is 1. The molecule has 0 saturated carbocycles. The summed E-state index contributed by atoms with van der Waals surface area (Å²) in [5, 5.41) is 2.89. The van der Waals surface area contributed by atoms with Gasteiger partial charge in [-0.05, 0) is 49.2 Å². The molecule has 1 aliphatic heterocycles. The largest absolute Gasteiger partial charge is 0.325 e. The molecule has 2 amide bonds. The number of nitrogens with zero attached hydrogens (tertiary/aromatic N) is 1. The van der Waals surface area contributed by atoms with Crippen molar-refractivity contribution in [2.75, 3.05) is 22.5 Å². The summed E-state index contributed by atoms with van der Waals surface area (Å²) in [6.07, 6.45) is 0.441. The van der Waals surface area contributed by atoms with Crippen LogP contribution in [0.5, 0.6) is 0 Å². The smallest absolute Gasteiger partial charge is 0.244 e. The fraction of sp³-hybridized carbons (Fsp3) is 0.263. The predicted octanol–water partition coefficient (Wildman–Crippen LogP) is 3.77. The van der Waals surface area contributed by atoms with E-state index in [-0.39, 0.29) is 18.4 Å². The molecule has 0 aliphatic carbocycles. The first-order valence-electron chi connectivity index (χ1n) is 7.94. The number of hydrogen-bond donors (Lipinski definition) is 1. The number of nitrogens with one attached hydrogen (secondary N) is 1. The maximum absolute atomic E-state index is 12.4. The monoisotopic (exact) mass is 340 g/mol. The van der Waals surface area contributed by atoms with E-state index in [1.165, 1.54) is 5.56 Å². The third kappa shape index (κ3) is 3.62. The van der Waals surface area contributed by atoms with Gasteiger partial charge < -0.3 is 10.2 Å². The van der Waals surface area contributed by atoms with Crippen molar-refractivity contribution in [1.29, 1.82) is 0 Å². The van der Waals surface area contributed by atoms with Gasteiger partial charge in [-0.25, -0.2) is 0 Å². The maximum atomic E-state index is 12.4. The standard InChI is InChI=1S/C19H20N2O2S/c1-13-7-8-15(11-14(13)2)20-18(22)12-21-16-5-3-4-6-17(16)24-10-9-19(21)23/h3-8,11H,9-10,12H2,1-2H3,(H,20,22). The number of amides is 2. The summed E-state index contributed by atoms with van der Waals surface area (Å²) < 4.78 is 0. The average molecular weight is 340 g/mol. The third-order valence-electron chi connectivity index (χ3n) is 4.12.